The van der Waals surface area contributed by atoms with E-state index in [4.69, 9.17) is 16.8 Å². The number of H-pyrrole nitrogens is 1. The first-order valence-corrected chi connectivity index (χ1v) is 5.63. The standard InChI is InChI=1S/C10H8N2O2.C2H8N4/c13-8-6-11-9(12-10(8)14)7-4-2-1-3-5-7;1-2(5-3)6-4/h1-6,13H,(H,11,12,14);3-4H2,1H3,(H,5,6). The third kappa shape index (κ3) is 4.42. The summed E-state index contributed by atoms with van der Waals surface area (Å²) in [4.78, 5) is 17.4. The van der Waals surface area contributed by atoms with E-state index in [0.29, 0.717) is 11.7 Å². The van der Waals surface area contributed by atoms with Gasteiger partial charge in [0, 0.05) is 5.56 Å². The molecular weight excluding hydrogens is 260 g/mol. The van der Waals surface area contributed by atoms with Gasteiger partial charge in [0.05, 0.1) is 6.20 Å². The molecule has 0 radical (unpaired) electrons. The van der Waals surface area contributed by atoms with E-state index < -0.39 is 5.56 Å². The number of rotatable bonds is 1. The van der Waals surface area contributed by atoms with Crippen molar-refractivity contribution in [1.82, 2.24) is 15.4 Å². The quantitative estimate of drug-likeness (QED) is 0.213. The van der Waals surface area contributed by atoms with Crippen LogP contribution < -0.4 is 22.7 Å². The molecule has 0 atom stereocenters. The lowest BCUT2D eigenvalue weighted by molar-refractivity contribution is 0.463. The summed E-state index contributed by atoms with van der Waals surface area (Å²) in [5, 5.41) is 12.2. The van der Waals surface area contributed by atoms with Crippen LogP contribution in [0.15, 0.2) is 46.4 Å². The Labute approximate surface area is 115 Å². The Morgan fingerprint density at radius 1 is 1.40 bits per heavy atom. The second-order valence-corrected chi connectivity index (χ2v) is 3.67. The lowest BCUT2D eigenvalue weighted by Gasteiger charge is -1.99. The highest BCUT2D eigenvalue weighted by Crippen LogP contribution is 2.12. The third-order valence-electron chi connectivity index (χ3n) is 2.23. The summed E-state index contributed by atoms with van der Waals surface area (Å²) in [6, 6.07) is 9.23. The molecule has 0 aliphatic heterocycles. The van der Waals surface area contributed by atoms with E-state index in [1.807, 2.05) is 30.3 Å². The van der Waals surface area contributed by atoms with Crippen molar-refractivity contribution in [2.24, 2.45) is 16.8 Å². The molecule has 0 amide bonds. The largest absolute Gasteiger partial charge is 0.502 e. The molecule has 2 aromatic rings. The van der Waals surface area contributed by atoms with E-state index in [1.165, 1.54) is 0 Å². The smallest absolute Gasteiger partial charge is 0.293 e. The van der Waals surface area contributed by atoms with Gasteiger partial charge in [-0.3, -0.25) is 4.79 Å². The number of hydrogen-bond donors (Lipinski definition) is 5. The topological polar surface area (TPSA) is 142 Å². The van der Waals surface area contributed by atoms with Crippen molar-refractivity contribution in [2.75, 3.05) is 0 Å². The van der Waals surface area contributed by atoms with E-state index in [1.54, 1.807) is 6.92 Å². The maximum Gasteiger partial charge on any atom is 0.293 e. The molecule has 106 valence electrons. The molecule has 7 N–H and O–H groups in total. The molecular formula is C12H16N6O2. The summed E-state index contributed by atoms with van der Waals surface area (Å²) in [5.41, 5.74) is 2.52. The molecule has 0 bridgehead atoms. The summed E-state index contributed by atoms with van der Waals surface area (Å²) in [7, 11) is 0. The van der Waals surface area contributed by atoms with Crippen LogP contribution in [0.5, 0.6) is 5.75 Å². The molecule has 0 spiro atoms. The van der Waals surface area contributed by atoms with Crippen molar-refractivity contribution in [3.63, 3.8) is 0 Å². The van der Waals surface area contributed by atoms with Crippen LogP contribution in [0.4, 0.5) is 0 Å². The van der Waals surface area contributed by atoms with E-state index in [2.05, 4.69) is 20.5 Å². The summed E-state index contributed by atoms with van der Waals surface area (Å²) in [6.45, 7) is 1.67. The summed E-state index contributed by atoms with van der Waals surface area (Å²) in [5.74, 6) is 10.2. The molecule has 0 saturated heterocycles. The highest BCUT2D eigenvalue weighted by molar-refractivity contribution is 5.78. The van der Waals surface area contributed by atoms with E-state index in [0.717, 1.165) is 11.8 Å². The Hall–Kier alpha value is -2.87. The van der Waals surface area contributed by atoms with E-state index in [9.17, 15) is 4.79 Å². The fourth-order valence-corrected chi connectivity index (χ4v) is 1.17. The van der Waals surface area contributed by atoms with Crippen molar-refractivity contribution >= 4 is 5.84 Å². The first kappa shape index (κ1) is 15.2. The molecule has 8 heteroatoms. The number of hydrazone groups is 1. The number of aromatic hydroxyl groups is 1. The van der Waals surface area contributed by atoms with Gasteiger partial charge < -0.3 is 21.4 Å². The highest BCUT2D eigenvalue weighted by atomic mass is 16.3. The van der Waals surface area contributed by atoms with Crippen LogP contribution in [-0.2, 0) is 0 Å². The SMILES string of the molecule is C/C(=N/N)NN.O=c1[nH]c(-c2ccccc2)ncc1O. The van der Waals surface area contributed by atoms with Crippen molar-refractivity contribution in [3.8, 4) is 17.1 Å². The number of nitrogens with zero attached hydrogens (tertiary/aromatic N) is 2. The van der Waals surface area contributed by atoms with Gasteiger partial charge in [0.25, 0.3) is 5.56 Å². The lowest BCUT2D eigenvalue weighted by atomic mass is 10.2. The number of nitrogens with two attached hydrogens (primary N) is 2. The second-order valence-electron chi connectivity index (χ2n) is 3.67. The lowest BCUT2D eigenvalue weighted by Crippen LogP contribution is -2.28. The number of aromatic nitrogens is 2. The van der Waals surface area contributed by atoms with Gasteiger partial charge in [-0.1, -0.05) is 30.3 Å². The molecule has 1 heterocycles. The Morgan fingerprint density at radius 2 is 2.05 bits per heavy atom. The normalized spacial score (nSPS) is 10.4. The first-order valence-electron chi connectivity index (χ1n) is 5.63. The van der Waals surface area contributed by atoms with Crippen LogP contribution in [0.2, 0.25) is 0 Å². The molecule has 20 heavy (non-hydrogen) atoms. The zero-order valence-electron chi connectivity index (χ0n) is 10.9. The Kier molecular flexibility index (Phi) is 5.73. The Morgan fingerprint density at radius 3 is 2.50 bits per heavy atom. The number of amidine groups is 1. The summed E-state index contributed by atoms with van der Waals surface area (Å²) in [6.07, 6.45) is 1.14. The van der Waals surface area contributed by atoms with E-state index >= 15 is 0 Å². The van der Waals surface area contributed by atoms with Gasteiger partial charge in [0.15, 0.2) is 5.75 Å². The van der Waals surface area contributed by atoms with Gasteiger partial charge in [0.1, 0.15) is 11.7 Å². The van der Waals surface area contributed by atoms with Gasteiger partial charge in [-0.05, 0) is 6.92 Å². The van der Waals surface area contributed by atoms with Crippen LogP contribution >= 0.6 is 0 Å². The van der Waals surface area contributed by atoms with Gasteiger partial charge >= 0.3 is 0 Å². The zero-order valence-corrected chi connectivity index (χ0v) is 10.9. The van der Waals surface area contributed by atoms with E-state index in [-0.39, 0.29) is 5.75 Å². The van der Waals surface area contributed by atoms with Crippen molar-refractivity contribution in [1.29, 1.82) is 0 Å². The van der Waals surface area contributed by atoms with Gasteiger partial charge in [-0.2, -0.15) is 5.10 Å². The fourth-order valence-electron chi connectivity index (χ4n) is 1.17. The molecule has 2 rings (SSSR count). The van der Waals surface area contributed by atoms with Gasteiger partial charge in [0.2, 0.25) is 0 Å². The van der Waals surface area contributed by atoms with Gasteiger partial charge in [-0.25, -0.2) is 10.8 Å². The number of hydrazine groups is 1. The molecule has 0 aliphatic rings. The maximum atomic E-state index is 11.1. The van der Waals surface area contributed by atoms with Crippen LogP contribution in [0, 0.1) is 0 Å². The minimum Gasteiger partial charge on any atom is -0.502 e. The Balaban J connectivity index is 0.000000286. The average Bonchev–Trinajstić information content (AvgIpc) is 2.50. The van der Waals surface area contributed by atoms with Crippen LogP contribution in [0.3, 0.4) is 0 Å². The maximum absolute atomic E-state index is 11.1. The molecule has 8 nitrogen and oxygen atoms in total. The fraction of sp³-hybridized carbons (Fsp3) is 0.0833. The highest BCUT2D eigenvalue weighted by Gasteiger charge is 2.01. The summed E-state index contributed by atoms with van der Waals surface area (Å²) >= 11 is 0. The predicted octanol–water partition coefficient (Wildman–Crippen LogP) is -0.116. The molecule has 1 aromatic heterocycles. The predicted molar refractivity (Wildman–Crippen MR) is 76.6 cm³/mol. The summed E-state index contributed by atoms with van der Waals surface area (Å²) < 4.78 is 0. The number of aromatic amines is 1. The molecule has 1 aromatic carbocycles. The number of benzene rings is 1. The second kappa shape index (κ2) is 7.54. The number of nitrogens with one attached hydrogen (secondary N) is 2. The van der Waals surface area contributed by atoms with Crippen molar-refractivity contribution in [3.05, 3.63) is 46.9 Å². The molecule has 0 unspecified atom stereocenters. The molecule has 0 saturated carbocycles. The molecule has 0 fully saturated rings. The van der Waals surface area contributed by atoms with Crippen LogP contribution in [0.25, 0.3) is 11.4 Å². The average molecular weight is 276 g/mol. The number of hydrogen-bond acceptors (Lipinski definition) is 6. The third-order valence-corrected chi connectivity index (χ3v) is 2.23. The minimum atomic E-state index is -0.529. The van der Waals surface area contributed by atoms with Crippen LogP contribution in [0.1, 0.15) is 6.92 Å². The minimum absolute atomic E-state index is 0.371. The van der Waals surface area contributed by atoms with Gasteiger partial charge in [-0.15, -0.1) is 0 Å². The van der Waals surface area contributed by atoms with Crippen molar-refractivity contribution < 1.29 is 5.11 Å². The first-order chi connectivity index (χ1) is 9.58. The zero-order chi connectivity index (χ0) is 15.0. The van der Waals surface area contributed by atoms with Crippen molar-refractivity contribution in [2.45, 2.75) is 6.92 Å². The Bertz CT molecular complexity index is 623. The monoisotopic (exact) mass is 276 g/mol. The van der Waals surface area contributed by atoms with Crippen LogP contribution in [-0.4, -0.2) is 20.9 Å². The molecule has 0 aliphatic carbocycles.